The zero-order valence-corrected chi connectivity index (χ0v) is 13.2. The average molecular weight is 296 g/mol. The van der Waals surface area contributed by atoms with E-state index in [9.17, 15) is 14.7 Å². The zero-order chi connectivity index (χ0) is 15.5. The molecule has 21 heavy (non-hydrogen) atoms. The summed E-state index contributed by atoms with van der Waals surface area (Å²) in [5.41, 5.74) is -1.06. The Labute approximate surface area is 127 Å². The molecule has 0 saturated heterocycles. The summed E-state index contributed by atoms with van der Waals surface area (Å²) in [6.07, 6.45) is 7.56. The molecule has 0 heterocycles. The van der Waals surface area contributed by atoms with Gasteiger partial charge < -0.3 is 15.3 Å². The molecule has 2 rings (SSSR count). The molecule has 2 aliphatic carbocycles. The Morgan fingerprint density at radius 3 is 2.24 bits per heavy atom. The van der Waals surface area contributed by atoms with Crippen LogP contribution in [0.1, 0.15) is 58.3 Å². The van der Waals surface area contributed by atoms with Crippen LogP contribution in [0.15, 0.2) is 0 Å². The second-order valence-corrected chi connectivity index (χ2v) is 6.85. The van der Waals surface area contributed by atoms with Crippen molar-refractivity contribution in [1.82, 2.24) is 10.2 Å². The van der Waals surface area contributed by atoms with Crippen LogP contribution in [-0.2, 0) is 4.79 Å². The van der Waals surface area contributed by atoms with Crippen molar-refractivity contribution in [1.29, 1.82) is 0 Å². The third-order valence-electron chi connectivity index (χ3n) is 5.40. The van der Waals surface area contributed by atoms with E-state index in [-0.39, 0.29) is 6.03 Å². The largest absolute Gasteiger partial charge is 0.480 e. The summed E-state index contributed by atoms with van der Waals surface area (Å²) in [5, 5.41) is 12.4. The maximum Gasteiger partial charge on any atom is 0.329 e. The van der Waals surface area contributed by atoms with Crippen LogP contribution in [-0.4, -0.2) is 41.1 Å². The third kappa shape index (κ3) is 3.69. The third-order valence-corrected chi connectivity index (χ3v) is 5.40. The number of carboxylic acids is 1. The molecule has 5 heteroatoms. The molecule has 120 valence electrons. The van der Waals surface area contributed by atoms with Crippen LogP contribution in [0.5, 0.6) is 0 Å². The summed E-state index contributed by atoms with van der Waals surface area (Å²) in [5.74, 6) is 0.307. The minimum absolute atomic E-state index is 0.237. The topological polar surface area (TPSA) is 69.6 Å². The molecular weight excluding hydrogens is 268 g/mol. The maximum absolute atomic E-state index is 12.3. The van der Waals surface area contributed by atoms with E-state index in [1.54, 1.807) is 11.9 Å². The maximum atomic E-state index is 12.3. The number of carbonyl (C=O) groups is 2. The van der Waals surface area contributed by atoms with Crippen molar-refractivity contribution in [3.8, 4) is 0 Å². The van der Waals surface area contributed by atoms with Gasteiger partial charge >= 0.3 is 12.0 Å². The van der Waals surface area contributed by atoms with Crippen molar-refractivity contribution in [3.63, 3.8) is 0 Å². The minimum Gasteiger partial charge on any atom is -0.480 e. The first-order chi connectivity index (χ1) is 9.97. The quantitative estimate of drug-likeness (QED) is 0.819. The molecule has 0 atom stereocenters. The number of aliphatic carboxylic acids is 1. The van der Waals surface area contributed by atoms with E-state index in [1.165, 1.54) is 19.3 Å². The first-order valence-corrected chi connectivity index (χ1v) is 8.23. The van der Waals surface area contributed by atoms with E-state index in [0.29, 0.717) is 24.7 Å². The van der Waals surface area contributed by atoms with Gasteiger partial charge in [-0.3, -0.25) is 0 Å². The Bertz CT molecular complexity index is 385. The van der Waals surface area contributed by atoms with Crippen molar-refractivity contribution < 1.29 is 14.7 Å². The predicted octanol–water partition coefficient (Wildman–Crippen LogP) is 2.85. The van der Waals surface area contributed by atoms with Crippen LogP contribution in [0.4, 0.5) is 4.79 Å². The van der Waals surface area contributed by atoms with Crippen molar-refractivity contribution in [2.24, 2.45) is 11.8 Å². The number of hydrogen-bond donors (Lipinski definition) is 2. The first kappa shape index (κ1) is 16.1. The molecule has 5 nitrogen and oxygen atoms in total. The number of hydrogen-bond acceptors (Lipinski definition) is 2. The highest BCUT2D eigenvalue weighted by molar-refractivity contribution is 5.86. The van der Waals surface area contributed by atoms with Gasteiger partial charge in [-0.2, -0.15) is 0 Å². The lowest BCUT2D eigenvalue weighted by Gasteiger charge is -2.39. The van der Waals surface area contributed by atoms with Crippen LogP contribution >= 0.6 is 0 Å². The summed E-state index contributed by atoms with van der Waals surface area (Å²) < 4.78 is 0. The van der Waals surface area contributed by atoms with E-state index in [0.717, 1.165) is 25.8 Å². The van der Waals surface area contributed by atoms with Gasteiger partial charge in [0.25, 0.3) is 0 Å². The van der Waals surface area contributed by atoms with Crippen LogP contribution in [0.25, 0.3) is 0 Å². The number of nitrogens with zero attached hydrogens (tertiary/aromatic N) is 1. The lowest BCUT2D eigenvalue weighted by atomic mass is 9.75. The molecule has 2 N–H and O–H groups in total. The number of carboxylic acid groups (broad SMARTS) is 1. The predicted molar refractivity (Wildman–Crippen MR) is 81.1 cm³/mol. The number of rotatable bonds is 5. The molecule has 0 aromatic rings. The lowest BCUT2D eigenvalue weighted by Crippen LogP contribution is -2.59. The summed E-state index contributed by atoms with van der Waals surface area (Å²) in [4.78, 5) is 25.6. The van der Waals surface area contributed by atoms with Gasteiger partial charge in [-0.25, -0.2) is 9.59 Å². The Balaban J connectivity index is 1.92. The number of nitrogens with one attached hydrogen (secondary N) is 1. The van der Waals surface area contributed by atoms with Crippen LogP contribution in [0, 0.1) is 11.8 Å². The van der Waals surface area contributed by atoms with Gasteiger partial charge in [0.05, 0.1) is 0 Å². The molecule has 0 aromatic carbocycles. The Morgan fingerprint density at radius 1 is 1.19 bits per heavy atom. The van der Waals surface area contributed by atoms with Crippen LogP contribution < -0.4 is 5.32 Å². The zero-order valence-electron chi connectivity index (χ0n) is 13.2. The molecule has 2 amide bonds. The minimum atomic E-state index is -1.06. The average Bonchev–Trinajstić information content (AvgIpc) is 2.43. The molecule has 2 saturated carbocycles. The van der Waals surface area contributed by atoms with Gasteiger partial charge in [0.1, 0.15) is 5.54 Å². The number of urea groups is 1. The highest BCUT2D eigenvalue weighted by atomic mass is 16.4. The fourth-order valence-electron chi connectivity index (χ4n) is 3.42. The van der Waals surface area contributed by atoms with E-state index in [4.69, 9.17) is 0 Å². The van der Waals surface area contributed by atoms with E-state index in [2.05, 4.69) is 12.2 Å². The molecule has 0 aromatic heterocycles. The Kier molecular flexibility index (Phi) is 5.12. The van der Waals surface area contributed by atoms with Crippen LogP contribution in [0.3, 0.4) is 0 Å². The van der Waals surface area contributed by atoms with Crippen LogP contribution in [0.2, 0.25) is 0 Å². The van der Waals surface area contributed by atoms with Gasteiger partial charge in [0.2, 0.25) is 0 Å². The molecular formula is C16H28N2O3. The van der Waals surface area contributed by atoms with Crippen molar-refractivity contribution in [2.75, 3.05) is 13.6 Å². The molecule has 2 fully saturated rings. The number of carbonyl (C=O) groups excluding carboxylic acids is 1. The van der Waals surface area contributed by atoms with E-state index >= 15 is 0 Å². The Hall–Kier alpha value is -1.26. The molecule has 2 aliphatic rings. The number of amides is 2. The highest BCUT2D eigenvalue weighted by Gasteiger charge is 2.43. The SMILES string of the molecule is CCC1CCC(NC(=O)N(C)CC2CCC2)(C(=O)O)CC1. The first-order valence-electron chi connectivity index (χ1n) is 8.23. The van der Waals surface area contributed by atoms with Crippen molar-refractivity contribution in [2.45, 2.75) is 63.8 Å². The van der Waals surface area contributed by atoms with E-state index in [1.807, 2.05) is 0 Å². The second-order valence-electron chi connectivity index (χ2n) is 6.85. The second kappa shape index (κ2) is 6.67. The summed E-state index contributed by atoms with van der Waals surface area (Å²) in [7, 11) is 1.76. The van der Waals surface area contributed by atoms with E-state index < -0.39 is 11.5 Å². The summed E-state index contributed by atoms with van der Waals surface area (Å²) in [6, 6.07) is -0.237. The fraction of sp³-hybridized carbons (Fsp3) is 0.875. The molecule has 0 radical (unpaired) electrons. The standard InChI is InChI=1S/C16H28N2O3/c1-3-12-7-9-16(10-8-12,14(19)20)17-15(21)18(2)11-13-5-4-6-13/h12-13H,3-11H2,1-2H3,(H,17,21)(H,19,20). The van der Waals surface area contributed by atoms with Gasteiger partial charge in [-0.15, -0.1) is 0 Å². The monoisotopic (exact) mass is 296 g/mol. The summed E-state index contributed by atoms with van der Waals surface area (Å²) >= 11 is 0. The Morgan fingerprint density at radius 2 is 1.81 bits per heavy atom. The molecule has 0 spiro atoms. The summed E-state index contributed by atoms with van der Waals surface area (Å²) in [6.45, 7) is 2.88. The lowest BCUT2D eigenvalue weighted by molar-refractivity contribution is -0.146. The van der Waals surface area contributed by atoms with Gasteiger partial charge in [-0.1, -0.05) is 19.8 Å². The molecule has 0 bridgehead atoms. The smallest absolute Gasteiger partial charge is 0.329 e. The molecule has 0 unspecified atom stereocenters. The van der Waals surface area contributed by atoms with Crippen molar-refractivity contribution >= 4 is 12.0 Å². The van der Waals surface area contributed by atoms with Gasteiger partial charge in [-0.05, 0) is 50.4 Å². The normalized spacial score (nSPS) is 29.5. The molecule has 0 aliphatic heterocycles. The van der Waals surface area contributed by atoms with Crippen molar-refractivity contribution in [3.05, 3.63) is 0 Å². The fourth-order valence-corrected chi connectivity index (χ4v) is 3.42. The van der Waals surface area contributed by atoms with Gasteiger partial charge in [0.15, 0.2) is 0 Å². The van der Waals surface area contributed by atoms with Gasteiger partial charge in [0, 0.05) is 13.6 Å². The highest BCUT2D eigenvalue weighted by Crippen LogP contribution is 2.34.